The molecule has 0 bridgehead atoms. The predicted octanol–water partition coefficient (Wildman–Crippen LogP) is 2.64. The zero-order valence-corrected chi connectivity index (χ0v) is 11.7. The summed E-state index contributed by atoms with van der Waals surface area (Å²) in [5.41, 5.74) is 3.09. The fourth-order valence-corrected chi connectivity index (χ4v) is 3.13. The fraction of sp³-hybridized carbons (Fsp3) is 0.786. The van der Waals surface area contributed by atoms with Crippen molar-refractivity contribution in [3.05, 3.63) is 17.5 Å². The Balaban J connectivity index is 1.93. The third-order valence-corrected chi connectivity index (χ3v) is 4.23. The van der Waals surface area contributed by atoms with E-state index in [1.54, 1.807) is 0 Å². The number of rotatable bonds is 3. The van der Waals surface area contributed by atoms with E-state index in [-0.39, 0.29) is 0 Å². The third kappa shape index (κ3) is 2.71. The lowest BCUT2D eigenvalue weighted by Gasteiger charge is -2.18. The van der Waals surface area contributed by atoms with Crippen LogP contribution in [0.15, 0.2) is 6.20 Å². The highest BCUT2D eigenvalue weighted by molar-refractivity contribution is 5.15. The minimum absolute atomic E-state index is 0.501. The normalized spacial score (nSPS) is 27.6. The van der Waals surface area contributed by atoms with Crippen LogP contribution in [0.1, 0.15) is 44.9 Å². The first kappa shape index (κ1) is 12.6. The van der Waals surface area contributed by atoms with Gasteiger partial charge in [-0.3, -0.25) is 4.68 Å². The molecule has 1 aromatic heterocycles. The first-order valence-electron chi connectivity index (χ1n) is 6.60. The highest BCUT2D eigenvalue weighted by Gasteiger charge is 2.36. The molecule has 1 aliphatic rings. The van der Waals surface area contributed by atoms with Gasteiger partial charge in [0.1, 0.15) is 0 Å². The molecule has 0 amide bonds. The van der Waals surface area contributed by atoms with E-state index in [1.165, 1.54) is 24.1 Å². The summed E-state index contributed by atoms with van der Waals surface area (Å²) in [6.07, 6.45) is 4.59. The molecule has 2 atom stereocenters. The zero-order valence-electron chi connectivity index (χ0n) is 11.7. The van der Waals surface area contributed by atoms with Crippen molar-refractivity contribution in [1.82, 2.24) is 15.1 Å². The Labute approximate surface area is 105 Å². The van der Waals surface area contributed by atoms with Gasteiger partial charge in [0, 0.05) is 30.9 Å². The van der Waals surface area contributed by atoms with Gasteiger partial charge < -0.3 is 5.32 Å². The molecule has 0 saturated heterocycles. The Morgan fingerprint density at radius 1 is 1.47 bits per heavy atom. The van der Waals surface area contributed by atoms with Gasteiger partial charge in [-0.1, -0.05) is 20.8 Å². The van der Waals surface area contributed by atoms with Crippen LogP contribution >= 0.6 is 0 Å². The van der Waals surface area contributed by atoms with Crippen LogP contribution in [0.2, 0.25) is 0 Å². The minimum atomic E-state index is 0.501. The van der Waals surface area contributed by atoms with Gasteiger partial charge in [-0.25, -0.2) is 0 Å². The van der Waals surface area contributed by atoms with Gasteiger partial charge in [0.2, 0.25) is 0 Å². The van der Waals surface area contributed by atoms with Crippen molar-refractivity contribution in [2.24, 2.45) is 18.4 Å². The average Bonchev–Trinajstić information content (AvgIpc) is 2.67. The molecule has 0 aromatic carbocycles. The first-order valence-corrected chi connectivity index (χ1v) is 6.60. The molecule has 1 saturated carbocycles. The lowest BCUT2D eigenvalue weighted by Crippen LogP contribution is -2.31. The van der Waals surface area contributed by atoms with Crippen molar-refractivity contribution in [2.75, 3.05) is 0 Å². The van der Waals surface area contributed by atoms with Crippen molar-refractivity contribution < 1.29 is 0 Å². The third-order valence-electron chi connectivity index (χ3n) is 4.23. The van der Waals surface area contributed by atoms with Gasteiger partial charge >= 0.3 is 0 Å². The molecule has 1 aliphatic carbocycles. The van der Waals surface area contributed by atoms with Crippen LogP contribution in [0.25, 0.3) is 0 Å². The molecule has 1 aromatic rings. The topological polar surface area (TPSA) is 29.9 Å². The second-order valence-corrected chi connectivity index (χ2v) is 6.42. The largest absolute Gasteiger partial charge is 0.310 e. The quantitative estimate of drug-likeness (QED) is 0.873. The highest BCUT2D eigenvalue weighted by Crippen LogP contribution is 2.40. The van der Waals surface area contributed by atoms with E-state index < -0.39 is 0 Å². The summed E-state index contributed by atoms with van der Waals surface area (Å²) in [5, 5.41) is 7.99. The molecular formula is C14H25N3. The number of nitrogens with zero attached hydrogens (tertiary/aromatic N) is 2. The van der Waals surface area contributed by atoms with Gasteiger partial charge in [-0.15, -0.1) is 0 Å². The SMILES string of the molecule is Cc1c(CN[C@H]2CC(C)(C)C[C@@H]2C)cnn1C. The maximum absolute atomic E-state index is 4.29. The summed E-state index contributed by atoms with van der Waals surface area (Å²) >= 11 is 0. The predicted molar refractivity (Wildman–Crippen MR) is 70.8 cm³/mol. The summed E-state index contributed by atoms with van der Waals surface area (Å²) in [4.78, 5) is 0. The van der Waals surface area contributed by atoms with Crippen LogP contribution < -0.4 is 5.32 Å². The second kappa shape index (κ2) is 4.45. The molecule has 1 N–H and O–H groups in total. The second-order valence-electron chi connectivity index (χ2n) is 6.42. The summed E-state index contributed by atoms with van der Waals surface area (Å²) in [6, 6.07) is 0.657. The average molecular weight is 235 g/mol. The highest BCUT2D eigenvalue weighted by atomic mass is 15.3. The van der Waals surface area contributed by atoms with E-state index in [1.807, 2.05) is 17.9 Å². The molecule has 1 heterocycles. The van der Waals surface area contributed by atoms with Gasteiger partial charge in [0.05, 0.1) is 6.20 Å². The van der Waals surface area contributed by atoms with E-state index in [0.29, 0.717) is 11.5 Å². The number of aryl methyl sites for hydroxylation is 1. The lowest BCUT2D eigenvalue weighted by molar-refractivity contribution is 0.362. The van der Waals surface area contributed by atoms with Crippen molar-refractivity contribution in [3.63, 3.8) is 0 Å². The Morgan fingerprint density at radius 2 is 2.18 bits per heavy atom. The van der Waals surface area contributed by atoms with E-state index in [4.69, 9.17) is 0 Å². The molecule has 3 heteroatoms. The Bertz CT molecular complexity index is 392. The molecule has 17 heavy (non-hydrogen) atoms. The Hall–Kier alpha value is -0.830. The molecular weight excluding hydrogens is 210 g/mol. The molecule has 96 valence electrons. The van der Waals surface area contributed by atoms with Crippen molar-refractivity contribution >= 4 is 0 Å². The molecule has 0 aliphatic heterocycles. The lowest BCUT2D eigenvalue weighted by atomic mass is 9.91. The Kier molecular flexibility index (Phi) is 3.30. The van der Waals surface area contributed by atoms with Gasteiger partial charge in [-0.05, 0) is 31.1 Å². The van der Waals surface area contributed by atoms with Crippen LogP contribution in [-0.2, 0) is 13.6 Å². The van der Waals surface area contributed by atoms with E-state index in [0.717, 1.165) is 12.5 Å². The van der Waals surface area contributed by atoms with Gasteiger partial charge in [-0.2, -0.15) is 5.10 Å². The van der Waals surface area contributed by atoms with Crippen molar-refractivity contribution in [3.8, 4) is 0 Å². The monoisotopic (exact) mass is 235 g/mol. The number of hydrogen-bond donors (Lipinski definition) is 1. The van der Waals surface area contributed by atoms with Gasteiger partial charge in [0.15, 0.2) is 0 Å². The summed E-state index contributed by atoms with van der Waals surface area (Å²) in [6.45, 7) is 10.2. The van der Waals surface area contributed by atoms with Crippen LogP contribution in [0.3, 0.4) is 0 Å². The smallest absolute Gasteiger partial charge is 0.0537 e. The molecule has 3 nitrogen and oxygen atoms in total. The standard InChI is InChI=1S/C14H25N3/c1-10-6-14(3,4)7-13(10)15-8-12-9-16-17(5)11(12)2/h9-10,13,15H,6-8H2,1-5H3/t10-,13-/m0/s1. The summed E-state index contributed by atoms with van der Waals surface area (Å²) < 4.78 is 1.94. The Morgan fingerprint density at radius 3 is 2.65 bits per heavy atom. The molecule has 0 radical (unpaired) electrons. The number of nitrogens with one attached hydrogen (secondary N) is 1. The number of hydrogen-bond acceptors (Lipinski definition) is 2. The minimum Gasteiger partial charge on any atom is -0.310 e. The van der Waals surface area contributed by atoms with Crippen molar-refractivity contribution in [1.29, 1.82) is 0 Å². The maximum atomic E-state index is 4.29. The number of aromatic nitrogens is 2. The molecule has 0 spiro atoms. The maximum Gasteiger partial charge on any atom is 0.0537 e. The van der Waals surface area contributed by atoms with Crippen LogP contribution in [0.5, 0.6) is 0 Å². The van der Waals surface area contributed by atoms with E-state index in [9.17, 15) is 0 Å². The van der Waals surface area contributed by atoms with Crippen LogP contribution in [0.4, 0.5) is 0 Å². The fourth-order valence-electron chi connectivity index (χ4n) is 3.13. The van der Waals surface area contributed by atoms with Crippen molar-refractivity contribution in [2.45, 2.75) is 53.1 Å². The summed E-state index contributed by atoms with van der Waals surface area (Å²) in [5.74, 6) is 0.780. The van der Waals surface area contributed by atoms with Crippen LogP contribution in [-0.4, -0.2) is 15.8 Å². The van der Waals surface area contributed by atoms with E-state index in [2.05, 4.69) is 38.1 Å². The van der Waals surface area contributed by atoms with E-state index >= 15 is 0 Å². The summed E-state index contributed by atoms with van der Waals surface area (Å²) in [7, 11) is 2.00. The van der Waals surface area contributed by atoms with Crippen LogP contribution in [0, 0.1) is 18.3 Å². The molecule has 2 rings (SSSR count). The first-order chi connectivity index (χ1) is 7.89. The zero-order chi connectivity index (χ0) is 12.6. The molecule has 1 fully saturated rings. The van der Waals surface area contributed by atoms with Gasteiger partial charge in [0.25, 0.3) is 0 Å². The molecule has 0 unspecified atom stereocenters.